The van der Waals surface area contributed by atoms with Crippen LogP contribution in [0.3, 0.4) is 0 Å². The fourth-order valence-corrected chi connectivity index (χ4v) is 3.66. The summed E-state index contributed by atoms with van der Waals surface area (Å²) in [6.07, 6.45) is 0.320. The molecule has 1 aliphatic rings. The molecule has 1 heterocycles. The Morgan fingerprint density at radius 2 is 1.59 bits per heavy atom. The topological polar surface area (TPSA) is 49.4 Å². The number of carbonyl (C=O) groups excluding carboxylic acids is 2. The first kappa shape index (κ1) is 18.9. The predicted molar refractivity (Wildman–Crippen MR) is 116 cm³/mol. The van der Waals surface area contributed by atoms with Crippen molar-refractivity contribution in [3.63, 3.8) is 0 Å². The first-order chi connectivity index (χ1) is 14.0. The van der Waals surface area contributed by atoms with Crippen LogP contribution < -0.4 is 10.2 Å². The summed E-state index contributed by atoms with van der Waals surface area (Å²) in [5.74, 6) is -0.109. The van der Waals surface area contributed by atoms with E-state index >= 15 is 0 Å². The van der Waals surface area contributed by atoms with Crippen LogP contribution in [-0.2, 0) is 4.79 Å². The molecular formula is C25H24N2O2. The van der Waals surface area contributed by atoms with Gasteiger partial charge in [0.2, 0.25) is 5.91 Å². The molecule has 1 unspecified atom stereocenters. The Morgan fingerprint density at radius 3 is 2.28 bits per heavy atom. The van der Waals surface area contributed by atoms with Crippen LogP contribution in [-0.4, -0.2) is 24.4 Å². The van der Waals surface area contributed by atoms with E-state index in [1.807, 2.05) is 79.7 Å². The highest BCUT2D eigenvalue weighted by Gasteiger charge is 2.31. The van der Waals surface area contributed by atoms with Crippen molar-refractivity contribution in [3.8, 4) is 11.1 Å². The molecule has 1 N–H and O–H groups in total. The lowest BCUT2D eigenvalue weighted by Gasteiger charge is -2.18. The number of nitrogens with one attached hydrogen (secondary N) is 1. The summed E-state index contributed by atoms with van der Waals surface area (Å²) in [7, 11) is 0. The van der Waals surface area contributed by atoms with Crippen molar-refractivity contribution < 1.29 is 9.59 Å². The number of nitrogens with zero attached hydrogens (tertiary/aromatic N) is 1. The summed E-state index contributed by atoms with van der Waals surface area (Å²) < 4.78 is 0. The molecule has 0 spiro atoms. The second-order valence-corrected chi connectivity index (χ2v) is 7.59. The minimum atomic E-state index is -0.189. The molecule has 2 amide bonds. The monoisotopic (exact) mass is 384 g/mol. The van der Waals surface area contributed by atoms with Gasteiger partial charge in [0, 0.05) is 24.2 Å². The van der Waals surface area contributed by atoms with Gasteiger partial charge in [-0.1, -0.05) is 48.5 Å². The SMILES string of the molecule is Cc1ccc(N2CC(NC(=O)c3ccc(-c4ccccc4)cc3)CC2=O)cc1C. The highest BCUT2D eigenvalue weighted by atomic mass is 16.2. The van der Waals surface area contributed by atoms with Crippen molar-refractivity contribution in [2.75, 3.05) is 11.4 Å². The molecule has 1 atom stereocenters. The molecular weight excluding hydrogens is 360 g/mol. The summed E-state index contributed by atoms with van der Waals surface area (Å²) >= 11 is 0. The van der Waals surface area contributed by atoms with E-state index in [0.29, 0.717) is 18.5 Å². The number of benzene rings is 3. The van der Waals surface area contributed by atoms with E-state index in [1.165, 1.54) is 5.56 Å². The van der Waals surface area contributed by atoms with E-state index in [-0.39, 0.29) is 17.9 Å². The number of rotatable bonds is 4. The summed E-state index contributed by atoms with van der Waals surface area (Å²) in [5, 5.41) is 3.01. The molecule has 3 aromatic rings. The van der Waals surface area contributed by atoms with Crippen LogP contribution >= 0.6 is 0 Å². The maximum Gasteiger partial charge on any atom is 0.251 e. The third kappa shape index (κ3) is 4.06. The molecule has 0 bridgehead atoms. The van der Waals surface area contributed by atoms with Crippen LogP contribution in [0.2, 0.25) is 0 Å². The summed E-state index contributed by atoms with van der Waals surface area (Å²) in [5.41, 5.74) is 6.03. The molecule has 0 radical (unpaired) electrons. The van der Waals surface area contributed by atoms with Crippen molar-refractivity contribution >= 4 is 17.5 Å². The van der Waals surface area contributed by atoms with Crippen molar-refractivity contribution in [1.29, 1.82) is 0 Å². The average Bonchev–Trinajstić information content (AvgIpc) is 3.10. The minimum absolute atomic E-state index is 0.0398. The molecule has 0 aliphatic carbocycles. The summed E-state index contributed by atoms with van der Waals surface area (Å²) in [6, 6.07) is 23.4. The molecule has 3 aromatic carbocycles. The fraction of sp³-hybridized carbons (Fsp3) is 0.200. The van der Waals surface area contributed by atoms with E-state index in [9.17, 15) is 9.59 Å². The normalized spacial score (nSPS) is 16.1. The third-order valence-corrected chi connectivity index (χ3v) is 5.52. The lowest BCUT2D eigenvalue weighted by molar-refractivity contribution is -0.117. The molecule has 1 fully saturated rings. The van der Waals surface area contributed by atoms with Gasteiger partial charge in [-0.3, -0.25) is 9.59 Å². The van der Waals surface area contributed by atoms with Crippen LogP contribution in [0.5, 0.6) is 0 Å². The quantitative estimate of drug-likeness (QED) is 0.720. The van der Waals surface area contributed by atoms with E-state index in [0.717, 1.165) is 22.4 Å². The van der Waals surface area contributed by atoms with E-state index in [4.69, 9.17) is 0 Å². The minimum Gasteiger partial charge on any atom is -0.347 e. The largest absolute Gasteiger partial charge is 0.347 e. The molecule has 0 saturated carbocycles. The second-order valence-electron chi connectivity index (χ2n) is 7.59. The van der Waals surface area contributed by atoms with Crippen molar-refractivity contribution in [1.82, 2.24) is 5.32 Å². The number of hydrogen-bond acceptors (Lipinski definition) is 2. The van der Waals surface area contributed by atoms with Crippen LogP contribution in [0.1, 0.15) is 27.9 Å². The number of hydrogen-bond donors (Lipinski definition) is 1. The summed E-state index contributed by atoms with van der Waals surface area (Å²) in [6.45, 7) is 4.59. The number of aryl methyl sites for hydroxylation is 2. The lowest BCUT2D eigenvalue weighted by Crippen LogP contribution is -2.37. The van der Waals surface area contributed by atoms with Gasteiger partial charge in [-0.2, -0.15) is 0 Å². The van der Waals surface area contributed by atoms with Gasteiger partial charge in [0.05, 0.1) is 6.04 Å². The van der Waals surface area contributed by atoms with Crippen LogP contribution in [0.15, 0.2) is 72.8 Å². The molecule has 29 heavy (non-hydrogen) atoms. The Bertz CT molecular complexity index is 1040. The predicted octanol–water partition coefficient (Wildman–Crippen LogP) is 4.51. The number of anilines is 1. The fourth-order valence-electron chi connectivity index (χ4n) is 3.66. The summed E-state index contributed by atoms with van der Waals surface area (Å²) in [4.78, 5) is 26.9. The van der Waals surface area contributed by atoms with Crippen molar-refractivity contribution in [3.05, 3.63) is 89.5 Å². The van der Waals surface area contributed by atoms with Gasteiger partial charge in [-0.25, -0.2) is 0 Å². The average molecular weight is 384 g/mol. The highest BCUT2D eigenvalue weighted by molar-refractivity contribution is 5.99. The van der Waals surface area contributed by atoms with Crippen LogP contribution in [0, 0.1) is 13.8 Å². The van der Waals surface area contributed by atoms with Gasteiger partial charge in [-0.15, -0.1) is 0 Å². The van der Waals surface area contributed by atoms with Gasteiger partial charge in [0.15, 0.2) is 0 Å². The molecule has 4 rings (SSSR count). The number of amides is 2. The first-order valence-electron chi connectivity index (χ1n) is 9.85. The maximum atomic E-state index is 12.7. The van der Waals surface area contributed by atoms with E-state index in [2.05, 4.69) is 12.2 Å². The van der Waals surface area contributed by atoms with Gasteiger partial charge >= 0.3 is 0 Å². The smallest absolute Gasteiger partial charge is 0.251 e. The Hall–Kier alpha value is -3.40. The van der Waals surface area contributed by atoms with Crippen molar-refractivity contribution in [2.45, 2.75) is 26.3 Å². The molecule has 146 valence electrons. The third-order valence-electron chi connectivity index (χ3n) is 5.52. The van der Waals surface area contributed by atoms with Gasteiger partial charge in [0.25, 0.3) is 5.91 Å². The molecule has 4 heteroatoms. The van der Waals surface area contributed by atoms with Crippen molar-refractivity contribution in [2.24, 2.45) is 0 Å². The molecule has 0 aromatic heterocycles. The molecule has 4 nitrogen and oxygen atoms in total. The van der Waals surface area contributed by atoms with Gasteiger partial charge in [0.1, 0.15) is 0 Å². The highest BCUT2D eigenvalue weighted by Crippen LogP contribution is 2.24. The zero-order valence-corrected chi connectivity index (χ0v) is 16.7. The molecule has 1 saturated heterocycles. The van der Waals surface area contributed by atoms with E-state index in [1.54, 1.807) is 4.90 Å². The Balaban J connectivity index is 1.42. The number of carbonyl (C=O) groups is 2. The standard InChI is InChI=1S/C25H24N2O2/c1-17-8-13-23(14-18(17)2)27-16-22(15-24(27)28)26-25(29)21-11-9-20(10-12-21)19-6-4-3-5-7-19/h3-14,22H,15-16H2,1-2H3,(H,26,29). The van der Waals surface area contributed by atoms with E-state index < -0.39 is 0 Å². The molecule has 1 aliphatic heterocycles. The lowest BCUT2D eigenvalue weighted by atomic mass is 10.0. The Kier molecular flexibility index (Phi) is 5.17. The maximum absolute atomic E-state index is 12.7. The van der Waals surface area contributed by atoms with Gasteiger partial charge in [-0.05, 0) is 60.4 Å². The first-order valence-corrected chi connectivity index (χ1v) is 9.85. The second kappa shape index (κ2) is 7.92. The van der Waals surface area contributed by atoms with Gasteiger partial charge < -0.3 is 10.2 Å². The zero-order chi connectivity index (χ0) is 20.4. The zero-order valence-electron chi connectivity index (χ0n) is 16.7. The Morgan fingerprint density at radius 1 is 0.897 bits per heavy atom. The van der Waals surface area contributed by atoms with Crippen LogP contribution in [0.4, 0.5) is 5.69 Å². The van der Waals surface area contributed by atoms with Crippen LogP contribution in [0.25, 0.3) is 11.1 Å². The Labute approximate surface area is 171 Å².